The van der Waals surface area contributed by atoms with Crippen LogP contribution in [-0.4, -0.2) is 45.6 Å². The van der Waals surface area contributed by atoms with Gasteiger partial charge >= 0.3 is 0 Å². The zero-order valence-corrected chi connectivity index (χ0v) is 20.2. The smallest absolute Gasteiger partial charge is 0.166 e. The summed E-state index contributed by atoms with van der Waals surface area (Å²) in [5, 5.41) is 0. The van der Waals surface area contributed by atoms with Crippen LogP contribution in [0.4, 0.5) is 0 Å². The average Bonchev–Trinajstić information content (AvgIpc) is 3.18. The number of aromatic nitrogens is 2. The molecular weight excluding hydrogens is 408 g/mol. The Balaban J connectivity index is 1.52. The van der Waals surface area contributed by atoms with Gasteiger partial charge < -0.3 is 14.2 Å². The van der Waals surface area contributed by atoms with Crippen LogP contribution in [0.5, 0.6) is 0 Å². The van der Waals surface area contributed by atoms with Crippen molar-refractivity contribution >= 4 is 11.9 Å². The quantitative estimate of drug-likeness (QED) is 0.617. The van der Waals surface area contributed by atoms with Gasteiger partial charge in [0.05, 0.1) is 11.4 Å². The van der Waals surface area contributed by atoms with E-state index in [0.29, 0.717) is 11.8 Å². The maximum absolute atomic E-state index is 12.4. The lowest BCUT2D eigenvalue weighted by Gasteiger charge is -2.35. The number of allylic oxidation sites excluding steroid dienone is 6. The molecule has 2 atom stereocenters. The van der Waals surface area contributed by atoms with Crippen LogP contribution in [0, 0.1) is 25.7 Å². The number of aryl methyl sites for hydroxylation is 2. The molecule has 5 heteroatoms. The Labute approximate surface area is 196 Å². The Hall–Kier alpha value is -2.92. The molecule has 3 aliphatic rings. The molecule has 2 aromatic rings. The average molecular weight is 443 g/mol. The third-order valence-corrected chi connectivity index (χ3v) is 7.52. The predicted molar refractivity (Wildman–Crippen MR) is 133 cm³/mol. The molecule has 3 aliphatic heterocycles. The lowest BCUT2D eigenvalue weighted by Crippen LogP contribution is -2.32. The van der Waals surface area contributed by atoms with Gasteiger partial charge in [-0.1, -0.05) is 25.1 Å². The minimum absolute atomic E-state index is 0.153. The van der Waals surface area contributed by atoms with Crippen molar-refractivity contribution < 1.29 is 4.79 Å². The summed E-state index contributed by atoms with van der Waals surface area (Å²) < 4.78 is 2.13. The molecule has 172 valence electrons. The normalized spacial score (nSPS) is 26.2. The van der Waals surface area contributed by atoms with Gasteiger partial charge in [-0.15, -0.1) is 0 Å². The van der Waals surface area contributed by atoms with E-state index in [-0.39, 0.29) is 5.92 Å². The van der Waals surface area contributed by atoms with Gasteiger partial charge in [-0.3, -0.25) is 4.79 Å². The van der Waals surface area contributed by atoms with E-state index in [1.807, 2.05) is 6.92 Å². The molecule has 1 saturated heterocycles. The molecule has 2 unspecified atom stereocenters. The molecule has 0 N–H and O–H groups in total. The molecule has 5 rings (SSSR count). The van der Waals surface area contributed by atoms with Crippen LogP contribution in [0.2, 0.25) is 0 Å². The number of piperidine rings is 1. The van der Waals surface area contributed by atoms with Crippen molar-refractivity contribution in [3.8, 4) is 0 Å². The highest BCUT2D eigenvalue weighted by Crippen LogP contribution is 2.37. The predicted octanol–water partition coefficient (Wildman–Crippen LogP) is 5.14. The topological polar surface area (TPSA) is 40.9 Å². The molecule has 0 aromatic carbocycles. The fourth-order valence-corrected chi connectivity index (χ4v) is 5.51. The first-order chi connectivity index (χ1) is 15.9. The standard InChI is InChI=1S/C28H34N4O/c1-19-5-7-25-8-6-23(22-9-11-30(4)12-10-22)17-32(25)26(18-33)14-27(19)24-13-20(2)28-29-21(3)15-31(28)16-24/h6-8,13-19,22,27H,5,9-12H2,1-4H3/b25-7?,26-14-. The summed E-state index contributed by atoms with van der Waals surface area (Å²) in [4.78, 5) is 21.5. The molecule has 5 heterocycles. The van der Waals surface area contributed by atoms with Gasteiger partial charge in [0, 0.05) is 30.2 Å². The minimum atomic E-state index is 0.153. The first kappa shape index (κ1) is 21.9. The van der Waals surface area contributed by atoms with E-state index in [2.05, 4.69) is 89.0 Å². The summed E-state index contributed by atoms with van der Waals surface area (Å²) >= 11 is 0. The Morgan fingerprint density at radius 1 is 1.12 bits per heavy atom. The highest BCUT2D eigenvalue weighted by atomic mass is 16.1. The van der Waals surface area contributed by atoms with Crippen molar-refractivity contribution in [2.75, 3.05) is 20.1 Å². The van der Waals surface area contributed by atoms with E-state index in [0.717, 1.165) is 54.1 Å². The van der Waals surface area contributed by atoms with Crippen molar-refractivity contribution in [2.45, 2.75) is 46.0 Å². The number of nitrogens with zero attached hydrogens (tertiary/aromatic N) is 4. The van der Waals surface area contributed by atoms with E-state index in [9.17, 15) is 4.79 Å². The third-order valence-electron chi connectivity index (χ3n) is 7.52. The number of hydrogen-bond acceptors (Lipinski definition) is 4. The second-order valence-corrected chi connectivity index (χ2v) is 10.1. The molecule has 1 fully saturated rings. The van der Waals surface area contributed by atoms with Gasteiger partial charge in [-0.05, 0) is 93.9 Å². The number of likely N-dealkylation sites (tertiary alicyclic amines) is 1. The Kier molecular flexibility index (Phi) is 5.83. The van der Waals surface area contributed by atoms with Crippen molar-refractivity contribution in [3.05, 3.63) is 82.8 Å². The number of hydrogen-bond donors (Lipinski definition) is 0. The van der Waals surface area contributed by atoms with Gasteiger partial charge in [0.25, 0.3) is 0 Å². The molecule has 0 radical (unpaired) electrons. The fraction of sp³-hybridized carbons (Fsp3) is 0.429. The highest BCUT2D eigenvalue weighted by Gasteiger charge is 2.27. The molecular formula is C28H34N4O. The minimum Gasteiger partial charge on any atom is -0.314 e. The lowest BCUT2D eigenvalue weighted by atomic mass is 9.83. The monoisotopic (exact) mass is 442 g/mol. The molecule has 2 aromatic heterocycles. The second-order valence-electron chi connectivity index (χ2n) is 10.1. The number of carbonyl (C=O) groups excluding carboxylic acids is 1. The van der Waals surface area contributed by atoms with Crippen LogP contribution in [0.25, 0.3) is 5.65 Å². The first-order valence-corrected chi connectivity index (χ1v) is 12.1. The summed E-state index contributed by atoms with van der Waals surface area (Å²) in [7, 11) is 2.19. The van der Waals surface area contributed by atoms with Crippen molar-refractivity contribution in [2.24, 2.45) is 11.8 Å². The van der Waals surface area contributed by atoms with Crippen LogP contribution in [0.1, 0.15) is 48.9 Å². The summed E-state index contributed by atoms with van der Waals surface area (Å²) in [6.07, 6.45) is 19.7. The zero-order chi connectivity index (χ0) is 23.1. The SMILES string of the molecule is Cc1cn2cc(C3/C=C(/C=O)N4C=C(C5CCN(C)CC5)C=CC4=CCC3C)cc(C)c2n1. The summed E-state index contributed by atoms with van der Waals surface area (Å²) in [5.74, 6) is 1.09. The van der Waals surface area contributed by atoms with Gasteiger partial charge in [-0.25, -0.2) is 4.98 Å². The van der Waals surface area contributed by atoms with Crippen LogP contribution in [0.3, 0.4) is 0 Å². The molecule has 5 nitrogen and oxygen atoms in total. The van der Waals surface area contributed by atoms with E-state index < -0.39 is 0 Å². The van der Waals surface area contributed by atoms with Crippen LogP contribution < -0.4 is 0 Å². The number of rotatable bonds is 3. The van der Waals surface area contributed by atoms with Crippen molar-refractivity contribution in [1.82, 2.24) is 19.2 Å². The molecule has 0 aliphatic carbocycles. The molecule has 33 heavy (non-hydrogen) atoms. The molecule has 0 bridgehead atoms. The third kappa shape index (κ3) is 4.22. The molecule has 0 amide bonds. The second kappa shape index (κ2) is 8.79. The van der Waals surface area contributed by atoms with Crippen LogP contribution in [-0.2, 0) is 4.79 Å². The largest absolute Gasteiger partial charge is 0.314 e. The Morgan fingerprint density at radius 3 is 2.67 bits per heavy atom. The number of aldehydes is 1. The Bertz CT molecular complexity index is 1190. The number of carbonyl (C=O) groups is 1. The van der Waals surface area contributed by atoms with Crippen LogP contribution >= 0.6 is 0 Å². The van der Waals surface area contributed by atoms with E-state index in [1.54, 1.807) is 0 Å². The number of imidazole rings is 1. The van der Waals surface area contributed by atoms with E-state index in [1.165, 1.54) is 24.0 Å². The van der Waals surface area contributed by atoms with Crippen molar-refractivity contribution in [1.29, 1.82) is 0 Å². The summed E-state index contributed by atoms with van der Waals surface area (Å²) in [5.41, 5.74) is 7.59. The summed E-state index contributed by atoms with van der Waals surface area (Å²) in [6, 6.07) is 2.24. The number of pyridine rings is 1. The molecule has 0 saturated carbocycles. The zero-order valence-electron chi connectivity index (χ0n) is 20.2. The van der Waals surface area contributed by atoms with Gasteiger partial charge in [0.15, 0.2) is 6.29 Å². The van der Waals surface area contributed by atoms with E-state index in [4.69, 9.17) is 0 Å². The first-order valence-electron chi connectivity index (χ1n) is 12.1. The highest BCUT2D eigenvalue weighted by molar-refractivity contribution is 5.74. The van der Waals surface area contributed by atoms with Gasteiger partial charge in [-0.2, -0.15) is 0 Å². The fourth-order valence-electron chi connectivity index (χ4n) is 5.51. The van der Waals surface area contributed by atoms with Crippen molar-refractivity contribution in [3.63, 3.8) is 0 Å². The Morgan fingerprint density at radius 2 is 1.91 bits per heavy atom. The molecule has 0 spiro atoms. The maximum atomic E-state index is 12.4. The summed E-state index contributed by atoms with van der Waals surface area (Å²) in [6.45, 7) is 8.68. The van der Waals surface area contributed by atoms with Gasteiger partial charge in [0.2, 0.25) is 0 Å². The number of fused-ring (bicyclic) bond motifs is 2. The maximum Gasteiger partial charge on any atom is 0.166 e. The van der Waals surface area contributed by atoms with Crippen LogP contribution in [0.15, 0.2) is 65.9 Å². The lowest BCUT2D eigenvalue weighted by molar-refractivity contribution is -0.105. The van der Waals surface area contributed by atoms with Gasteiger partial charge in [0.1, 0.15) is 5.65 Å². The van der Waals surface area contributed by atoms with E-state index >= 15 is 0 Å².